The van der Waals surface area contributed by atoms with Crippen molar-refractivity contribution in [2.45, 2.75) is 13.8 Å². The SMILES string of the molecule is Cc1cc([N+](=O)[O-])c(C)c(C(=O)O)c1Cl. The minimum absolute atomic E-state index is 0.0469. The van der Waals surface area contributed by atoms with E-state index >= 15 is 0 Å². The van der Waals surface area contributed by atoms with Crippen LogP contribution in [0.3, 0.4) is 0 Å². The van der Waals surface area contributed by atoms with E-state index in [0.29, 0.717) is 5.56 Å². The third kappa shape index (κ3) is 1.92. The summed E-state index contributed by atoms with van der Waals surface area (Å²) in [7, 11) is 0. The van der Waals surface area contributed by atoms with E-state index in [1.54, 1.807) is 0 Å². The molecular formula is C9H8ClNO4. The quantitative estimate of drug-likeness (QED) is 0.624. The van der Waals surface area contributed by atoms with Crippen LogP contribution in [-0.4, -0.2) is 16.0 Å². The van der Waals surface area contributed by atoms with Crippen molar-refractivity contribution in [3.63, 3.8) is 0 Å². The fourth-order valence-electron chi connectivity index (χ4n) is 1.31. The molecule has 0 fully saturated rings. The van der Waals surface area contributed by atoms with Gasteiger partial charge in [0.15, 0.2) is 0 Å². The zero-order valence-corrected chi connectivity index (χ0v) is 8.83. The van der Waals surface area contributed by atoms with E-state index in [-0.39, 0.29) is 21.8 Å². The number of carboxylic acids is 1. The van der Waals surface area contributed by atoms with Crippen LogP contribution in [0.5, 0.6) is 0 Å². The van der Waals surface area contributed by atoms with Gasteiger partial charge in [0.25, 0.3) is 5.69 Å². The maximum absolute atomic E-state index is 10.9. The number of hydrogen-bond donors (Lipinski definition) is 1. The molecular weight excluding hydrogens is 222 g/mol. The van der Waals surface area contributed by atoms with Crippen LogP contribution >= 0.6 is 11.6 Å². The maximum atomic E-state index is 10.9. The molecule has 5 nitrogen and oxygen atoms in total. The lowest BCUT2D eigenvalue weighted by molar-refractivity contribution is -0.385. The highest BCUT2D eigenvalue weighted by Crippen LogP contribution is 2.31. The average Bonchev–Trinajstić information content (AvgIpc) is 2.10. The van der Waals surface area contributed by atoms with Gasteiger partial charge in [-0.05, 0) is 19.4 Å². The summed E-state index contributed by atoms with van der Waals surface area (Å²) in [4.78, 5) is 20.9. The van der Waals surface area contributed by atoms with Crippen molar-refractivity contribution in [2.75, 3.05) is 0 Å². The molecule has 0 aliphatic carbocycles. The molecule has 0 radical (unpaired) electrons. The van der Waals surface area contributed by atoms with Crippen LogP contribution in [0.2, 0.25) is 5.02 Å². The van der Waals surface area contributed by atoms with Crippen LogP contribution in [0.4, 0.5) is 5.69 Å². The van der Waals surface area contributed by atoms with Gasteiger partial charge in [0.1, 0.15) is 0 Å². The Bertz CT molecular complexity index is 456. The first-order valence-corrected chi connectivity index (χ1v) is 4.41. The third-order valence-electron chi connectivity index (χ3n) is 2.09. The molecule has 1 aromatic rings. The number of aromatic carboxylic acids is 1. The van der Waals surface area contributed by atoms with Crippen LogP contribution in [0.25, 0.3) is 0 Å². The Morgan fingerprint density at radius 3 is 2.47 bits per heavy atom. The van der Waals surface area contributed by atoms with E-state index in [1.165, 1.54) is 19.9 Å². The Labute approximate surface area is 90.4 Å². The molecule has 0 aromatic heterocycles. The predicted molar refractivity (Wildman–Crippen MR) is 54.5 cm³/mol. The Morgan fingerprint density at radius 1 is 1.53 bits per heavy atom. The second kappa shape index (κ2) is 3.86. The van der Waals surface area contributed by atoms with E-state index in [2.05, 4.69) is 0 Å². The molecule has 15 heavy (non-hydrogen) atoms. The van der Waals surface area contributed by atoms with Crippen LogP contribution in [0.1, 0.15) is 21.5 Å². The summed E-state index contributed by atoms with van der Waals surface area (Å²) in [6.45, 7) is 2.90. The van der Waals surface area contributed by atoms with E-state index in [1.807, 2.05) is 0 Å². The third-order valence-corrected chi connectivity index (χ3v) is 2.58. The first-order chi connectivity index (χ1) is 6.86. The molecule has 0 spiro atoms. The number of carboxylic acid groups (broad SMARTS) is 1. The monoisotopic (exact) mass is 229 g/mol. The minimum Gasteiger partial charge on any atom is -0.478 e. The number of nitro groups is 1. The zero-order valence-electron chi connectivity index (χ0n) is 8.07. The molecule has 0 unspecified atom stereocenters. The molecule has 0 aliphatic heterocycles. The van der Waals surface area contributed by atoms with Crippen LogP contribution in [-0.2, 0) is 0 Å². The molecule has 1 rings (SSSR count). The fourth-order valence-corrected chi connectivity index (χ4v) is 1.59. The van der Waals surface area contributed by atoms with E-state index in [4.69, 9.17) is 16.7 Å². The van der Waals surface area contributed by atoms with Crippen molar-refractivity contribution < 1.29 is 14.8 Å². The predicted octanol–water partition coefficient (Wildman–Crippen LogP) is 2.56. The first kappa shape index (κ1) is 11.5. The van der Waals surface area contributed by atoms with Gasteiger partial charge in [-0.1, -0.05) is 11.6 Å². The van der Waals surface area contributed by atoms with Crippen LogP contribution in [0.15, 0.2) is 6.07 Å². The number of nitrogens with zero attached hydrogens (tertiary/aromatic N) is 1. The van der Waals surface area contributed by atoms with E-state index < -0.39 is 10.9 Å². The molecule has 0 saturated heterocycles. The van der Waals surface area contributed by atoms with Gasteiger partial charge in [-0.25, -0.2) is 4.79 Å². The van der Waals surface area contributed by atoms with Gasteiger partial charge in [0.05, 0.1) is 15.5 Å². The van der Waals surface area contributed by atoms with Crippen LogP contribution in [0, 0.1) is 24.0 Å². The van der Waals surface area contributed by atoms with Crippen molar-refractivity contribution in [1.82, 2.24) is 0 Å². The molecule has 0 aliphatic rings. The number of benzene rings is 1. The lowest BCUT2D eigenvalue weighted by Crippen LogP contribution is -2.05. The lowest BCUT2D eigenvalue weighted by atomic mass is 10.0. The second-order valence-corrected chi connectivity index (χ2v) is 3.47. The summed E-state index contributed by atoms with van der Waals surface area (Å²) in [6, 6.07) is 1.27. The van der Waals surface area contributed by atoms with Crippen molar-refractivity contribution in [3.05, 3.63) is 37.9 Å². The molecule has 0 atom stereocenters. The molecule has 1 N–H and O–H groups in total. The van der Waals surface area contributed by atoms with Crippen molar-refractivity contribution in [1.29, 1.82) is 0 Å². The molecule has 0 bridgehead atoms. The summed E-state index contributed by atoms with van der Waals surface area (Å²) >= 11 is 5.77. The molecule has 0 saturated carbocycles. The van der Waals surface area contributed by atoms with Crippen molar-refractivity contribution in [3.8, 4) is 0 Å². The summed E-state index contributed by atoms with van der Waals surface area (Å²) < 4.78 is 0. The summed E-state index contributed by atoms with van der Waals surface area (Å²) in [6.07, 6.45) is 0. The van der Waals surface area contributed by atoms with Gasteiger partial charge in [-0.3, -0.25) is 10.1 Å². The standard InChI is InChI=1S/C9H8ClNO4/c1-4-3-6(11(14)15)5(2)7(8(4)10)9(12)13/h3H,1-2H3,(H,12,13). The summed E-state index contributed by atoms with van der Waals surface area (Å²) in [5.41, 5.74) is 0.0205. The average molecular weight is 230 g/mol. The number of hydrogen-bond acceptors (Lipinski definition) is 3. The number of carbonyl (C=O) groups is 1. The summed E-state index contributed by atoms with van der Waals surface area (Å²) in [5, 5.41) is 19.5. The van der Waals surface area contributed by atoms with E-state index in [9.17, 15) is 14.9 Å². The van der Waals surface area contributed by atoms with E-state index in [0.717, 1.165) is 0 Å². The van der Waals surface area contributed by atoms with Gasteiger partial charge in [-0.2, -0.15) is 0 Å². The number of rotatable bonds is 2. The molecule has 1 aromatic carbocycles. The minimum atomic E-state index is -1.26. The molecule has 0 heterocycles. The van der Waals surface area contributed by atoms with Gasteiger partial charge in [0.2, 0.25) is 0 Å². The van der Waals surface area contributed by atoms with Gasteiger partial charge in [0, 0.05) is 11.6 Å². The Morgan fingerprint density at radius 2 is 2.07 bits per heavy atom. The van der Waals surface area contributed by atoms with Gasteiger partial charge < -0.3 is 5.11 Å². The normalized spacial score (nSPS) is 10.1. The van der Waals surface area contributed by atoms with Crippen LogP contribution < -0.4 is 0 Å². The number of aryl methyl sites for hydroxylation is 1. The summed E-state index contributed by atoms with van der Waals surface area (Å²) in [5.74, 6) is -1.26. The first-order valence-electron chi connectivity index (χ1n) is 4.03. The highest BCUT2D eigenvalue weighted by atomic mass is 35.5. The number of halogens is 1. The number of nitro benzene ring substituents is 1. The topological polar surface area (TPSA) is 80.4 Å². The smallest absolute Gasteiger partial charge is 0.337 e. The second-order valence-electron chi connectivity index (χ2n) is 3.09. The molecule has 80 valence electrons. The van der Waals surface area contributed by atoms with Crippen molar-refractivity contribution in [2.24, 2.45) is 0 Å². The molecule has 0 amide bonds. The zero-order chi connectivity index (χ0) is 11.7. The fraction of sp³-hybridized carbons (Fsp3) is 0.222. The Balaban J connectivity index is 3.63. The lowest BCUT2D eigenvalue weighted by Gasteiger charge is -2.07. The van der Waals surface area contributed by atoms with Gasteiger partial charge >= 0.3 is 5.97 Å². The maximum Gasteiger partial charge on any atom is 0.337 e. The molecule has 6 heteroatoms. The largest absolute Gasteiger partial charge is 0.478 e. The Kier molecular flexibility index (Phi) is 2.95. The highest BCUT2D eigenvalue weighted by Gasteiger charge is 2.23. The Hall–Kier alpha value is -1.62. The van der Waals surface area contributed by atoms with Crippen molar-refractivity contribution >= 4 is 23.3 Å². The van der Waals surface area contributed by atoms with Gasteiger partial charge in [-0.15, -0.1) is 0 Å². The highest BCUT2D eigenvalue weighted by molar-refractivity contribution is 6.34.